The van der Waals surface area contributed by atoms with Crippen LogP contribution in [0.2, 0.25) is 0 Å². The van der Waals surface area contributed by atoms with Crippen LogP contribution in [0.4, 0.5) is 0 Å². The zero-order chi connectivity index (χ0) is 11.1. The molecule has 0 aromatic heterocycles. The second-order valence-corrected chi connectivity index (χ2v) is 3.98. The highest BCUT2D eigenvalue weighted by Crippen LogP contribution is 2.10. The van der Waals surface area contributed by atoms with Crippen molar-refractivity contribution in [2.75, 3.05) is 13.1 Å². The van der Waals surface area contributed by atoms with Crippen molar-refractivity contribution < 1.29 is 9.59 Å². The van der Waals surface area contributed by atoms with Gasteiger partial charge in [-0.15, -0.1) is 6.58 Å². The molecule has 84 valence electrons. The van der Waals surface area contributed by atoms with E-state index >= 15 is 0 Å². The van der Waals surface area contributed by atoms with Crippen LogP contribution in [0.3, 0.4) is 0 Å². The van der Waals surface area contributed by atoms with Crippen molar-refractivity contribution in [1.82, 2.24) is 4.90 Å². The summed E-state index contributed by atoms with van der Waals surface area (Å²) >= 11 is 0. The molecule has 0 saturated carbocycles. The lowest BCUT2D eigenvalue weighted by Crippen LogP contribution is -2.36. The topological polar surface area (TPSA) is 37.4 Å². The van der Waals surface area contributed by atoms with Gasteiger partial charge in [0, 0.05) is 19.5 Å². The molecule has 1 fully saturated rings. The summed E-state index contributed by atoms with van der Waals surface area (Å²) in [6.07, 6.45) is 6.26. The fourth-order valence-electron chi connectivity index (χ4n) is 1.78. The number of ketones is 1. The van der Waals surface area contributed by atoms with Crippen molar-refractivity contribution >= 4 is 11.7 Å². The van der Waals surface area contributed by atoms with Gasteiger partial charge in [-0.2, -0.15) is 0 Å². The van der Waals surface area contributed by atoms with Gasteiger partial charge >= 0.3 is 0 Å². The lowest BCUT2D eigenvalue weighted by Gasteiger charge is -2.26. The van der Waals surface area contributed by atoms with E-state index in [1.807, 2.05) is 4.90 Å². The average molecular weight is 209 g/mol. The first kappa shape index (κ1) is 12.0. The van der Waals surface area contributed by atoms with E-state index in [1.165, 1.54) is 6.42 Å². The number of Topliss-reactive ketones (excluding diaryl/α,β-unsaturated/α-hetero) is 1. The molecule has 0 N–H and O–H groups in total. The van der Waals surface area contributed by atoms with Crippen molar-refractivity contribution in [3.63, 3.8) is 0 Å². The molecule has 1 aliphatic heterocycles. The fourth-order valence-corrected chi connectivity index (χ4v) is 1.78. The summed E-state index contributed by atoms with van der Waals surface area (Å²) in [5.41, 5.74) is 0. The van der Waals surface area contributed by atoms with Crippen LogP contribution in [-0.4, -0.2) is 29.7 Å². The summed E-state index contributed by atoms with van der Waals surface area (Å²) in [6.45, 7) is 5.21. The van der Waals surface area contributed by atoms with Crippen molar-refractivity contribution in [1.29, 1.82) is 0 Å². The second-order valence-electron chi connectivity index (χ2n) is 3.98. The number of hydrogen-bond acceptors (Lipinski definition) is 2. The van der Waals surface area contributed by atoms with Crippen LogP contribution < -0.4 is 0 Å². The number of hydrogen-bond donors (Lipinski definition) is 0. The molecular weight excluding hydrogens is 190 g/mol. The zero-order valence-corrected chi connectivity index (χ0v) is 9.21. The molecule has 0 unspecified atom stereocenters. The Kier molecular flexibility index (Phi) is 5.08. The van der Waals surface area contributed by atoms with E-state index in [4.69, 9.17) is 0 Å². The largest absolute Gasteiger partial charge is 0.342 e. The summed E-state index contributed by atoms with van der Waals surface area (Å²) in [5, 5.41) is 0. The standard InChI is InChI=1S/C12H19NO2/c1-2-3-7-11(14)10-12(15)13-8-5-4-6-9-13/h2H,1,3-10H2. The molecule has 0 aromatic carbocycles. The van der Waals surface area contributed by atoms with Gasteiger partial charge in [0.1, 0.15) is 5.78 Å². The molecule has 1 rings (SSSR count). The quantitative estimate of drug-likeness (QED) is 0.512. The maximum atomic E-state index is 11.7. The summed E-state index contributed by atoms with van der Waals surface area (Å²) in [5.74, 6) is 0.0363. The van der Waals surface area contributed by atoms with Crippen LogP contribution in [-0.2, 0) is 9.59 Å². The van der Waals surface area contributed by atoms with Crippen molar-refractivity contribution in [2.45, 2.75) is 38.5 Å². The third-order valence-corrected chi connectivity index (χ3v) is 2.68. The minimum Gasteiger partial charge on any atom is -0.342 e. The Labute approximate surface area is 91.1 Å². The smallest absolute Gasteiger partial charge is 0.230 e. The van der Waals surface area contributed by atoms with Crippen molar-refractivity contribution in [3.05, 3.63) is 12.7 Å². The van der Waals surface area contributed by atoms with E-state index < -0.39 is 0 Å². The van der Waals surface area contributed by atoms with Gasteiger partial charge in [-0.1, -0.05) is 6.08 Å². The Bertz CT molecular complexity index is 242. The molecule has 0 spiro atoms. The first-order valence-electron chi connectivity index (χ1n) is 5.64. The summed E-state index contributed by atoms with van der Waals surface area (Å²) in [7, 11) is 0. The zero-order valence-electron chi connectivity index (χ0n) is 9.21. The summed E-state index contributed by atoms with van der Waals surface area (Å²) < 4.78 is 0. The molecule has 3 nitrogen and oxygen atoms in total. The molecule has 1 amide bonds. The van der Waals surface area contributed by atoms with Crippen LogP contribution in [0, 0.1) is 0 Å². The summed E-state index contributed by atoms with van der Waals surface area (Å²) in [6, 6.07) is 0. The number of rotatable bonds is 5. The third kappa shape index (κ3) is 4.28. The molecule has 0 aromatic rings. The predicted octanol–water partition coefficient (Wildman–Crippen LogP) is 1.92. The minimum absolute atomic E-state index is 0.00348. The minimum atomic E-state index is 0.00348. The van der Waals surface area contributed by atoms with Gasteiger partial charge in [0.05, 0.1) is 6.42 Å². The van der Waals surface area contributed by atoms with Crippen LogP contribution >= 0.6 is 0 Å². The molecule has 1 aliphatic rings. The highest BCUT2D eigenvalue weighted by atomic mass is 16.2. The lowest BCUT2D eigenvalue weighted by atomic mass is 10.1. The van der Waals surface area contributed by atoms with Crippen molar-refractivity contribution in [3.8, 4) is 0 Å². The molecule has 1 saturated heterocycles. The number of carbonyl (C=O) groups is 2. The highest BCUT2D eigenvalue weighted by Gasteiger charge is 2.18. The molecule has 0 atom stereocenters. The maximum Gasteiger partial charge on any atom is 0.230 e. The van der Waals surface area contributed by atoms with E-state index in [0.29, 0.717) is 12.8 Å². The fraction of sp³-hybridized carbons (Fsp3) is 0.667. The molecule has 0 radical (unpaired) electrons. The van der Waals surface area contributed by atoms with Gasteiger partial charge in [0.15, 0.2) is 0 Å². The molecule has 15 heavy (non-hydrogen) atoms. The van der Waals surface area contributed by atoms with Crippen LogP contribution in [0.5, 0.6) is 0 Å². The van der Waals surface area contributed by atoms with Gasteiger partial charge < -0.3 is 4.90 Å². The molecular formula is C12H19NO2. The number of piperidine rings is 1. The summed E-state index contributed by atoms with van der Waals surface area (Å²) in [4.78, 5) is 24.8. The van der Waals surface area contributed by atoms with E-state index in [0.717, 1.165) is 25.9 Å². The molecule has 0 aliphatic carbocycles. The Morgan fingerprint density at radius 2 is 1.87 bits per heavy atom. The molecule has 1 heterocycles. The number of amides is 1. The highest BCUT2D eigenvalue weighted by molar-refractivity contribution is 5.98. The Balaban J connectivity index is 2.27. The third-order valence-electron chi connectivity index (χ3n) is 2.68. The Morgan fingerprint density at radius 3 is 2.47 bits per heavy atom. The number of likely N-dealkylation sites (tertiary alicyclic amines) is 1. The molecule has 0 bridgehead atoms. The van der Waals surface area contributed by atoms with Gasteiger partial charge in [0.2, 0.25) is 5.91 Å². The van der Waals surface area contributed by atoms with Crippen LogP contribution in [0.15, 0.2) is 12.7 Å². The van der Waals surface area contributed by atoms with Gasteiger partial charge in [-0.3, -0.25) is 9.59 Å². The van der Waals surface area contributed by atoms with E-state index in [1.54, 1.807) is 6.08 Å². The number of nitrogens with zero attached hydrogens (tertiary/aromatic N) is 1. The van der Waals surface area contributed by atoms with Gasteiger partial charge in [-0.05, 0) is 25.7 Å². The van der Waals surface area contributed by atoms with Crippen molar-refractivity contribution in [2.24, 2.45) is 0 Å². The Morgan fingerprint density at radius 1 is 1.20 bits per heavy atom. The first-order valence-corrected chi connectivity index (χ1v) is 5.64. The maximum absolute atomic E-state index is 11.7. The van der Waals surface area contributed by atoms with E-state index in [-0.39, 0.29) is 18.1 Å². The molecule has 3 heteroatoms. The first-order chi connectivity index (χ1) is 7.24. The SMILES string of the molecule is C=CCCC(=O)CC(=O)N1CCCCC1. The van der Waals surface area contributed by atoms with E-state index in [9.17, 15) is 9.59 Å². The second kappa shape index (κ2) is 6.38. The monoisotopic (exact) mass is 209 g/mol. The van der Waals surface area contributed by atoms with E-state index in [2.05, 4.69) is 6.58 Å². The average Bonchev–Trinajstić information content (AvgIpc) is 2.27. The Hall–Kier alpha value is -1.12. The number of carbonyl (C=O) groups excluding carboxylic acids is 2. The lowest BCUT2D eigenvalue weighted by molar-refractivity contribution is -0.136. The number of allylic oxidation sites excluding steroid dienone is 1. The normalized spacial score (nSPS) is 16.1. The van der Waals surface area contributed by atoms with Crippen LogP contribution in [0.25, 0.3) is 0 Å². The van der Waals surface area contributed by atoms with Gasteiger partial charge in [0.25, 0.3) is 0 Å². The predicted molar refractivity (Wildman–Crippen MR) is 59.5 cm³/mol. The van der Waals surface area contributed by atoms with Gasteiger partial charge in [-0.25, -0.2) is 0 Å². The van der Waals surface area contributed by atoms with Crippen LogP contribution in [0.1, 0.15) is 38.5 Å².